The van der Waals surface area contributed by atoms with Gasteiger partial charge in [-0.2, -0.15) is 0 Å². The summed E-state index contributed by atoms with van der Waals surface area (Å²) in [5.74, 6) is -0.137. The van der Waals surface area contributed by atoms with Crippen molar-refractivity contribution in [2.75, 3.05) is 33.0 Å². The van der Waals surface area contributed by atoms with E-state index in [-0.39, 0.29) is 43.7 Å². The molecular formula is C16H22ClNO7. The van der Waals surface area contributed by atoms with E-state index in [1.165, 1.54) is 18.2 Å². The summed E-state index contributed by atoms with van der Waals surface area (Å²) < 4.78 is 20.8. The Morgan fingerprint density at radius 1 is 1.12 bits per heavy atom. The smallest absolute Gasteiger partial charge is 0.332 e. The average Bonchev–Trinajstić information content (AvgIpc) is 2.47. The molecule has 0 saturated carbocycles. The van der Waals surface area contributed by atoms with Crippen molar-refractivity contribution in [2.45, 2.75) is 26.4 Å². The van der Waals surface area contributed by atoms with Gasteiger partial charge >= 0.3 is 5.97 Å². The van der Waals surface area contributed by atoms with Crippen LogP contribution in [0.4, 0.5) is 5.69 Å². The largest absolute Gasteiger partial charge is 0.491 e. The van der Waals surface area contributed by atoms with E-state index in [1.807, 2.05) is 0 Å². The molecule has 0 saturated heterocycles. The number of carbonyl (C=O) groups excluding carboxylic acids is 1. The van der Waals surface area contributed by atoms with E-state index in [2.05, 4.69) is 0 Å². The molecule has 0 radical (unpaired) electrons. The highest BCUT2D eigenvalue weighted by Gasteiger charge is 2.15. The molecule has 1 rings (SSSR count). The van der Waals surface area contributed by atoms with E-state index in [0.717, 1.165) is 0 Å². The Hall–Kier alpha value is -1.90. The molecule has 0 fully saturated rings. The van der Waals surface area contributed by atoms with Crippen LogP contribution >= 0.6 is 11.6 Å². The number of halogens is 1. The van der Waals surface area contributed by atoms with Crippen LogP contribution < -0.4 is 4.74 Å². The number of nitrogens with zero attached hydrogens (tertiary/aromatic N) is 1. The predicted molar refractivity (Wildman–Crippen MR) is 91.1 cm³/mol. The molecule has 0 atom stereocenters. The van der Waals surface area contributed by atoms with E-state index in [4.69, 9.17) is 30.5 Å². The van der Waals surface area contributed by atoms with Gasteiger partial charge in [0, 0.05) is 6.07 Å². The fourth-order valence-corrected chi connectivity index (χ4v) is 1.92. The minimum absolute atomic E-state index is 0.136. The van der Waals surface area contributed by atoms with E-state index in [9.17, 15) is 14.9 Å². The van der Waals surface area contributed by atoms with Gasteiger partial charge in [0.05, 0.1) is 35.8 Å². The number of hydrogen-bond acceptors (Lipinski definition) is 7. The number of rotatable bonds is 10. The number of ether oxygens (including phenoxy) is 4. The number of non-ortho nitro benzene ring substituents is 1. The van der Waals surface area contributed by atoms with Crippen LogP contribution in [0.5, 0.6) is 5.75 Å². The number of esters is 1. The molecule has 1 aromatic rings. The zero-order valence-corrected chi connectivity index (χ0v) is 15.2. The zero-order chi connectivity index (χ0) is 18.9. The van der Waals surface area contributed by atoms with E-state index < -0.39 is 16.5 Å². The Morgan fingerprint density at radius 2 is 1.76 bits per heavy atom. The first-order valence-corrected chi connectivity index (χ1v) is 8.00. The molecule has 0 heterocycles. The van der Waals surface area contributed by atoms with Crippen molar-refractivity contribution in [2.24, 2.45) is 0 Å². The minimum Gasteiger partial charge on any atom is -0.491 e. The summed E-state index contributed by atoms with van der Waals surface area (Å²) in [6.07, 6.45) is 0. The molecule has 140 valence electrons. The summed E-state index contributed by atoms with van der Waals surface area (Å²) in [5, 5.41) is 10.9. The monoisotopic (exact) mass is 375 g/mol. The Kier molecular flexibility index (Phi) is 8.60. The number of benzene rings is 1. The van der Waals surface area contributed by atoms with Crippen molar-refractivity contribution >= 4 is 23.3 Å². The zero-order valence-electron chi connectivity index (χ0n) is 14.5. The quantitative estimate of drug-likeness (QED) is 0.268. The maximum Gasteiger partial charge on any atom is 0.332 e. The highest BCUT2D eigenvalue weighted by Crippen LogP contribution is 2.25. The molecule has 0 aromatic heterocycles. The van der Waals surface area contributed by atoms with Crippen molar-refractivity contribution in [3.05, 3.63) is 33.3 Å². The Morgan fingerprint density at radius 3 is 2.40 bits per heavy atom. The summed E-state index contributed by atoms with van der Waals surface area (Å²) in [6.45, 7) is 6.18. The number of hydrogen-bond donors (Lipinski definition) is 0. The second-order valence-corrected chi connectivity index (χ2v) is 6.44. The Bertz CT molecular complexity index is 586. The fourth-order valence-electron chi connectivity index (χ4n) is 1.70. The van der Waals surface area contributed by atoms with Gasteiger partial charge in [-0.05, 0) is 26.8 Å². The highest BCUT2D eigenvalue weighted by molar-refractivity contribution is 6.30. The third kappa shape index (κ3) is 9.85. The number of nitro benzene ring substituents is 1. The van der Waals surface area contributed by atoms with Gasteiger partial charge in [-0.25, -0.2) is 4.79 Å². The molecule has 1 aromatic carbocycles. The normalized spacial score (nSPS) is 11.2. The van der Waals surface area contributed by atoms with Gasteiger partial charge in [-0.15, -0.1) is 0 Å². The lowest BCUT2D eigenvalue weighted by Gasteiger charge is -2.19. The molecule has 9 heteroatoms. The van der Waals surface area contributed by atoms with Crippen molar-refractivity contribution in [3.8, 4) is 5.75 Å². The lowest BCUT2D eigenvalue weighted by molar-refractivity contribution is -0.384. The number of nitro groups is 1. The summed E-state index contributed by atoms with van der Waals surface area (Å²) in [6, 6.07) is 4.02. The first kappa shape index (κ1) is 21.1. The Balaban J connectivity index is 2.13. The molecule has 25 heavy (non-hydrogen) atoms. The average molecular weight is 376 g/mol. The van der Waals surface area contributed by atoms with Gasteiger partial charge in [-0.3, -0.25) is 10.1 Å². The van der Waals surface area contributed by atoms with Crippen LogP contribution in [0.2, 0.25) is 5.02 Å². The molecular weight excluding hydrogens is 354 g/mol. The molecule has 0 aliphatic carbocycles. The summed E-state index contributed by atoms with van der Waals surface area (Å²) in [7, 11) is 0. The molecule has 0 amide bonds. The lowest BCUT2D eigenvalue weighted by atomic mass is 10.2. The molecule has 0 aliphatic heterocycles. The van der Waals surface area contributed by atoms with Crippen LogP contribution in [0.15, 0.2) is 18.2 Å². The second kappa shape index (κ2) is 10.2. The van der Waals surface area contributed by atoms with E-state index in [0.29, 0.717) is 5.75 Å². The van der Waals surface area contributed by atoms with E-state index in [1.54, 1.807) is 20.8 Å². The standard InChI is InChI=1S/C16H22ClNO7/c1-16(2,3)25-15(19)11-23-5-4-22-6-7-24-14-9-12(17)8-13(10-14)18(20)21/h8-10H,4-7,11H2,1-3H3. The minimum atomic E-state index is -0.544. The van der Waals surface area contributed by atoms with Crippen molar-refractivity contribution < 1.29 is 28.7 Å². The number of carbonyl (C=O) groups is 1. The first-order valence-electron chi connectivity index (χ1n) is 7.62. The summed E-state index contributed by atoms with van der Waals surface area (Å²) in [4.78, 5) is 21.6. The third-order valence-electron chi connectivity index (χ3n) is 2.58. The summed E-state index contributed by atoms with van der Waals surface area (Å²) >= 11 is 5.79. The van der Waals surface area contributed by atoms with Gasteiger partial charge in [0.15, 0.2) is 0 Å². The van der Waals surface area contributed by atoms with Crippen molar-refractivity contribution in [1.29, 1.82) is 0 Å². The van der Waals surface area contributed by atoms with Gasteiger partial charge in [-0.1, -0.05) is 11.6 Å². The van der Waals surface area contributed by atoms with Gasteiger partial charge in [0.2, 0.25) is 0 Å². The van der Waals surface area contributed by atoms with Crippen molar-refractivity contribution in [1.82, 2.24) is 0 Å². The Labute approximate surface area is 151 Å². The van der Waals surface area contributed by atoms with Crippen LogP contribution in [-0.4, -0.2) is 49.5 Å². The van der Waals surface area contributed by atoms with Crippen LogP contribution in [-0.2, 0) is 19.0 Å². The molecule has 0 aliphatic rings. The van der Waals surface area contributed by atoms with Gasteiger partial charge < -0.3 is 18.9 Å². The third-order valence-corrected chi connectivity index (χ3v) is 2.79. The van der Waals surface area contributed by atoms with Crippen LogP contribution in [0.25, 0.3) is 0 Å². The van der Waals surface area contributed by atoms with Crippen LogP contribution in [0.3, 0.4) is 0 Å². The SMILES string of the molecule is CC(C)(C)OC(=O)COCCOCCOc1cc(Cl)cc([N+](=O)[O-])c1. The maximum absolute atomic E-state index is 11.4. The van der Waals surface area contributed by atoms with Crippen LogP contribution in [0, 0.1) is 10.1 Å². The van der Waals surface area contributed by atoms with Crippen molar-refractivity contribution in [3.63, 3.8) is 0 Å². The lowest BCUT2D eigenvalue weighted by Crippen LogP contribution is -2.27. The second-order valence-electron chi connectivity index (χ2n) is 6.00. The molecule has 0 N–H and O–H groups in total. The van der Waals surface area contributed by atoms with Gasteiger partial charge in [0.25, 0.3) is 5.69 Å². The first-order chi connectivity index (χ1) is 11.7. The van der Waals surface area contributed by atoms with Crippen LogP contribution in [0.1, 0.15) is 20.8 Å². The maximum atomic E-state index is 11.4. The highest BCUT2D eigenvalue weighted by atomic mass is 35.5. The molecule has 0 spiro atoms. The molecule has 0 unspecified atom stereocenters. The topological polar surface area (TPSA) is 97.1 Å². The summed E-state index contributed by atoms with van der Waals surface area (Å²) in [5.41, 5.74) is -0.678. The fraction of sp³-hybridized carbons (Fsp3) is 0.562. The molecule has 0 bridgehead atoms. The van der Waals surface area contributed by atoms with E-state index >= 15 is 0 Å². The predicted octanol–water partition coefficient (Wildman–Crippen LogP) is 3.00. The molecule has 8 nitrogen and oxygen atoms in total. The van der Waals surface area contributed by atoms with Gasteiger partial charge in [0.1, 0.15) is 24.6 Å².